The molecule has 22 heavy (non-hydrogen) atoms. The van der Waals surface area contributed by atoms with E-state index in [1.807, 2.05) is 6.07 Å². The van der Waals surface area contributed by atoms with Gasteiger partial charge in [-0.25, -0.2) is 0 Å². The molecule has 0 atom stereocenters. The number of benzene rings is 1. The SMILES string of the molecule is CN1C(=O)CCc2cc(-c3cncc(O)c3)cc([N+](=O)[O-])c21. The zero-order chi connectivity index (χ0) is 15.9. The summed E-state index contributed by atoms with van der Waals surface area (Å²) >= 11 is 0. The van der Waals surface area contributed by atoms with Gasteiger partial charge in [0.05, 0.1) is 11.1 Å². The highest BCUT2D eigenvalue weighted by atomic mass is 16.6. The van der Waals surface area contributed by atoms with Gasteiger partial charge in [0.2, 0.25) is 5.91 Å². The second-order valence-corrected chi connectivity index (χ2v) is 5.14. The molecule has 0 saturated carbocycles. The predicted molar refractivity (Wildman–Crippen MR) is 79.7 cm³/mol. The quantitative estimate of drug-likeness (QED) is 0.677. The van der Waals surface area contributed by atoms with E-state index in [9.17, 15) is 20.0 Å². The van der Waals surface area contributed by atoms with Gasteiger partial charge in [-0.2, -0.15) is 0 Å². The molecule has 1 aliphatic rings. The van der Waals surface area contributed by atoms with Crippen LogP contribution in [0.25, 0.3) is 11.1 Å². The molecule has 2 aromatic rings. The maximum absolute atomic E-state index is 11.8. The van der Waals surface area contributed by atoms with Gasteiger partial charge in [-0.15, -0.1) is 0 Å². The minimum atomic E-state index is -0.492. The zero-order valence-electron chi connectivity index (χ0n) is 11.8. The van der Waals surface area contributed by atoms with E-state index < -0.39 is 4.92 Å². The van der Waals surface area contributed by atoms with Crippen molar-refractivity contribution < 1.29 is 14.8 Å². The van der Waals surface area contributed by atoms with Crippen LogP contribution in [0, 0.1) is 10.1 Å². The zero-order valence-corrected chi connectivity index (χ0v) is 11.8. The molecular formula is C15H13N3O4. The Morgan fingerprint density at radius 1 is 1.23 bits per heavy atom. The van der Waals surface area contributed by atoms with Crippen molar-refractivity contribution in [2.75, 3.05) is 11.9 Å². The van der Waals surface area contributed by atoms with Gasteiger partial charge >= 0.3 is 0 Å². The van der Waals surface area contributed by atoms with Crippen LogP contribution in [0.3, 0.4) is 0 Å². The molecule has 112 valence electrons. The van der Waals surface area contributed by atoms with Crippen molar-refractivity contribution >= 4 is 17.3 Å². The summed E-state index contributed by atoms with van der Waals surface area (Å²) in [5, 5.41) is 20.9. The molecule has 0 fully saturated rings. The summed E-state index contributed by atoms with van der Waals surface area (Å²) in [5.41, 5.74) is 2.15. The third-order valence-corrected chi connectivity index (χ3v) is 3.74. The van der Waals surface area contributed by atoms with E-state index in [1.165, 1.54) is 29.4 Å². The lowest BCUT2D eigenvalue weighted by atomic mass is 9.95. The fraction of sp³-hybridized carbons (Fsp3) is 0.200. The summed E-state index contributed by atoms with van der Waals surface area (Å²) < 4.78 is 0. The van der Waals surface area contributed by atoms with E-state index >= 15 is 0 Å². The number of nitrogens with zero attached hydrogens (tertiary/aromatic N) is 3. The minimum Gasteiger partial charge on any atom is -0.506 e. The van der Waals surface area contributed by atoms with Gasteiger partial charge in [0.15, 0.2) is 0 Å². The van der Waals surface area contributed by atoms with Crippen LogP contribution in [0.4, 0.5) is 11.4 Å². The average Bonchev–Trinajstić information content (AvgIpc) is 2.50. The highest BCUT2D eigenvalue weighted by Crippen LogP contribution is 2.39. The van der Waals surface area contributed by atoms with Crippen LogP contribution in [0.15, 0.2) is 30.6 Å². The van der Waals surface area contributed by atoms with Crippen LogP contribution >= 0.6 is 0 Å². The summed E-state index contributed by atoms with van der Waals surface area (Å²) in [6.45, 7) is 0. The van der Waals surface area contributed by atoms with Crippen molar-refractivity contribution in [1.82, 2.24) is 4.98 Å². The summed E-state index contributed by atoms with van der Waals surface area (Å²) in [4.78, 5) is 27.9. The summed E-state index contributed by atoms with van der Waals surface area (Å²) in [6, 6.07) is 4.71. The minimum absolute atomic E-state index is 0.00910. The highest BCUT2D eigenvalue weighted by Gasteiger charge is 2.30. The molecule has 0 radical (unpaired) electrons. The maximum Gasteiger partial charge on any atom is 0.293 e. The molecule has 2 heterocycles. The normalized spacial score (nSPS) is 13.9. The first-order chi connectivity index (χ1) is 10.5. The molecule has 0 saturated heterocycles. The molecule has 1 aromatic carbocycles. The van der Waals surface area contributed by atoms with Crippen LogP contribution in [-0.4, -0.2) is 28.0 Å². The molecule has 7 heteroatoms. The molecule has 7 nitrogen and oxygen atoms in total. The first kappa shape index (κ1) is 14.0. The lowest BCUT2D eigenvalue weighted by Gasteiger charge is -2.25. The summed E-state index contributed by atoms with van der Waals surface area (Å²) in [6.07, 6.45) is 3.60. The largest absolute Gasteiger partial charge is 0.506 e. The number of carbonyl (C=O) groups excluding carboxylic acids is 1. The number of aromatic nitrogens is 1. The van der Waals surface area contributed by atoms with Crippen LogP contribution in [0.5, 0.6) is 5.75 Å². The van der Waals surface area contributed by atoms with E-state index in [-0.39, 0.29) is 17.3 Å². The Bertz CT molecular complexity index is 788. The third-order valence-electron chi connectivity index (χ3n) is 3.74. The Kier molecular flexibility index (Phi) is 3.25. The van der Waals surface area contributed by atoms with E-state index in [4.69, 9.17) is 0 Å². The Hall–Kier alpha value is -2.96. The van der Waals surface area contributed by atoms with Crippen molar-refractivity contribution in [2.45, 2.75) is 12.8 Å². The number of fused-ring (bicyclic) bond motifs is 1. The number of anilines is 1. The van der Waals surface area contributed by atoms with E-state index in [2.05, 4.69) is 4.98 Å². The summed E-state index contributed by atoms with van der Waals surface area (Å²) in [5.74, 6) is -0.146. The van der Waals surface area contributed by atoms with Gasteiger partial charge in [0.25, 0.3) is 5.69 Å². The first-order valence-electron chi connectivity index (χ1n) is 6.69. The molecule has 1 aromatic heterocycles. The number of hydrogen-bond acceptors (Lipinski definition) is 5. The Balaban J connectivity index is 2.22. The molecular weight excluding hydrogens is 286 g/mol. The molecule has 0 aliphatic carbocycles. The van der Waals surface area contributed by atoms with Gasteiger partial charge in [0, 0.05) is 31.3 Å². The number of aromatic hydroxyl groups is 1. The Morgan fingerprint density at radius 2 is 2.00 bits per heavy atom. The maximum atomic E-state index is 11.8. The van der Waals surface area contributed by atoms with Crippen LogP contribution in [-0.2, 0) is 11.2 Å². The second kappa shape index (κ2) is 5.10. The molecule has 1 aliphatic heterocycles. The number of carbonyl (C=O) groups is 1. The van der Waals surface area contributed by atoms with Crippen molar-refractivity contribution in [3.63, 3.8) is 0 Å². The topological polar surface area (TPSA) is 96.6 Å². The van der Waals surface area contributed by atoms with E-state index in [0.29, 0.717) is 29.7 Å². The number of nitro groups is 1. The first-order valence-corrected chi connectivity index (χ1v) is 6.69. The Labute approximate surface area is 126 Å². The Morgan fingerprint density at radius 3 is 2.68 bits per heavy atom. The van der Waals surface area contributed by atoms with Gasteiger partial charge in [-0.3, -0.25) is 19.9 Å². The third kappa shape index (κ3) is 2.26. The van der Waals surface area contributed by atoms with E-state index in [0.717, 1.165) is 5.56 Å². The highest BCUT2D eigenvalue weighted by molar-refractivity contribution is 5.99. The standard InChI is InChI=1S/C15H13N3O4/c1-17-14(20)3-2-9-4-10(6-13(15(9)17)18(21)22)11-5-12(19)8-16-7-11/h4-8,19H,2-3H2,1H3. The van der Waals surface area contributed by atoms with Gasteiger partial charge in [-0.05, 0) is 29.7 Å². The molecule has 0 spiro atoms. The molecule has 0 bridgehead atoms. The molecule has 0 unspecified atom stereocenters. The van der Waals surface area contributed by atoms with E-state index in [1.54, 1.807) is 7.05 Å². The second-order valence-electron chi connectivity index (χ2n) is 5.14. The van der Waals surface area contributed by atoms with Crippen molar-refractivity contribution in [3.05, 3.63) is 46.3 Å². The van der Waals surface area contributed by atoms with Crippen molar-refractivity contribution in [1.29, 1.82) is 0 Å². The number of hydrogen-bond donors (Lipinski definition) is 1. The summed E-state index contributed by atoms with van der Waals surface area (Å²) in [7, 11) is 1.54. The monoisotopic (exact) mass is 299 g/mol. The predicted octanol–water partition coefficient (Wildman–Crippen LogP) is 2.27. The van der Waals surface area contributed by atoms with Gasteiger partial charge in [-0.1, -0.05) is 0 Å². The van der Waals surface area contributed by atoms with Gasteiger partial charge < -0.3 is 10.0 Å². The van der Waals surface area contributed by atoms with Crippen molar-refractivity contribution in [2.24, 2.45) is 0 Å². The average molecular weight is 299 g/mol. The molecule has 1 amide bonds. The fourth-order valence-corrected chi connectivity index (χ4v) is 2.68. The lowest BCUT2D eigenvalue weighted by molar-refractivity contribution is -0.384. The number of nitro benzene ring substituents is 1. The fourth-order valence-electron chi connectivity index (χ4n) is 2.68. The van der Waals surface area contributed by atoms with Crippen LogP contribution in [0.2, 0.25) is 0 Å². The molecule has 3 rings (SSSR count). The van der Waals surface area contributed by atoms with Crippen LogP contribution in [0.1, 0.15) is 12.0 Å². The number of rotatable bonds is 2. The number of aryl methyl sites for hydroxylation is 1. The smallest absolute Gasteiger partial charge is 0.293 e. The van der Waals surface area contributed by atoms with Crippen LogP contribution < -0.4 is 4.90 Å². The van der Waals surface area contributed by atoms with Crippen molar-refractivity contribution in [3.8, 4) is 16.9 Å². The number of amides is 1. The molecule has 1 N–H and O–H groups in total. The lowest BCUT2D eigenvalue weighted by Crippen LogP contribution is -2.31. The van der Waals surface area contributed by atoms with Gasteiger partial charge in [0.1, 0.15) is 11.4 Å². The number of pyridine rings is 1.